The van der Waals surface area contributed by atoms with E-state index in [-0.39, 0.29) is 6.04 Å². The summed E-state index contributed by atoms with van der Waals surface area (Å²) in [5.74, 6) is 0. The van der Waals surface area contributed by atoms with Gasteiger partial charge in [-0.2, -0.15) is 0 Å². The van der Waals surface area contributed by atoms with Crippen LogP contribution in [0, 0.1) is 0 Å². The quantitative estimate of drug-likeness (QED) is 0.702. The van der Waals surface area contributed by atoms with Crippen LogP contribution in [0.25, 0.3) is 0 Å². The molecule has 98 valence electrons. The van der Waals surface area contributed by atoms with Gasteiger partial charge in [-0.1, -0.05) is 0 Å². The fraction of sp³-hybridized carbons (Fsp3) is 0.600. The van der Waals surface area contributed by atoms with E-state index < -0.39 is 13.0 Å². The number of rotatable bonds is 7. The summed E-state index contributed by atoms with van der Waals surface area (Å²) in [5, 5.41) is 3.15. The number of hydrogen-bond acceptors (Lipinski definition) is 3. The lowest BCUT2D eigenvalue weighted by molar-refractivity contribution is 0.0146. The Kier molecular flexibility index (Phi) is 7.10. The topological polar surface area (TPSA) is 21.3 Å². The van der Waals surface area contributed by atoms with Crippen LogP contribution in [0.3, 0.4) is 0 Å². The van der Waals surface area contributed by atoms with Gasteiger partial charge < -0.3 is 10.1 Å². The monoisotopic (exact) mass is 391 g/mol. The van der Waals surface area contributed by atoms with Gasteiger partial charge in [0.25, 0.3) is 6.43 Å². The lowest BCUT2D eigenvalue weighted by Crippen LogP contribution is -2.18. The Hall–Kier alpha value is 0.440. The van der Waals surface area contributed by atoms with Crippen molar-refractivity contribution in [3.8, 4) is 0 Å². The van der Waals surface area contributed by atoms with Crippen LogP contribution in [0.1, 0.15) is 17.3 Å². The molecule has 1 N–H and O–H groups in total. The zero-order valence-electron chi connectivity index (χ0n) is 9.18. The summed E-state index contributed by atoms with van der Waals surface area (Å²) in [6.45, 7) is -0.169. The summed E-state index contributed by atoms with van der Waals surface area (Å²) in [6, 6.07) is 2.14. The molecule has 1 aromatic heterocycles. The van der Waals surface area contributed by atoms with Gasteiger partial charge in [0, 0.05) is 22.0 Å². The molecule has 0 aliphatic heterocycles. The first-order chi connectivity index (χ1) is 8.04. The summed E-state index contributed by atoms with van der Waals surface area (Å²) in [4.78, 5) is 1.15. The minimum Gasteiger partial charge on any atom is -0.375 e. The zero-order chi connectivity index (χ0) is 12.8. The van der Waals surface area contributed by atoms with Crippen LogP contribution >= 0.6 is 43.2 Å². The highest BCUT2D eigenvalue weighted by molar-refractivity contribution is 9.13. The molecule has 2 nitrogen and oxygen atoms in total. The molecule has 1 unspecified atom stereocenters. The summed E-state index contributed by atoms with van der Waals surface area (Å²) >= 11 is 8.46. The van der Waals surface area contributed by atoms with Crippen LogP contribution in [-0.2, 0) is 4.74 Å². The smallest absolute Gasteiger partial charge is 0.261 e. The molecule has 0 aromatic carbocycles. The van der Waals surface area contributed by atoms with E-state index in [2.05, 4.69) is 37.2 Å². The van der Waals surface area contributed by atoms with Crippen molar-refractivity contribution >= 4 is 43.2 Å². The van der Waals surface area contributed by atoms with E-state index in [1.807, 2.05) is 13.1 Å². The first kappa shape index (κ1) is 15.5. The van der Waals surface area contributed by atoms with Crippen molar-refractivity contribution in [3.63, 3.8) is 0 Å². The van der Waals surface area contributed by atoms with Crippen LogP contribution in [0.5, 0.6) is 0 Å². The van der Waals surface area contributed by atoms with Crippen molar-refractivity contribution in [1.29, 1.82) is 0 Å². The Morgan fingerprint density at radius 2 is 2.18 bits per heavy atom. The standard InChI is InChI=1S/C10H13Br2F2NOS/c1-15-7(2-3-16-5-9(13)14)8-4-6(11)10(12)17-8/h4,7,9,15H,2-3,5H2,1H3. The van der Waals surface area contributed by atoms with Crippen molar-refractivity contribution in [1.82, 2.24) is 5.32 Å². The molecule has 0 saturated carbocycles. The molecule has 1 aromatic rings. The Labute approximate surface area is 120 Å². The van der Waals surface area contributed by atoms with E-state index in [1.54, 1.807) is 11.3 Å². The van der Waals surface area contributed by atoms with Crippen LogP contribution in [0.2, 0.25) is 0 Å². The third-order valence-corrected chi connectivity index (χ3v) is 5.52. The fourth-order valence-electron chi connectivity index (χ4n) is 1.34. The van der Waals surface area contributed by atoms with Crippen LogP contribution < -0.4 is 5.32 Å². The van der Waals surface area contributed by atoms with Crippen molar-refractivity contribution in [3.05, 3.63) is 19.2 Å². The van der Waals surface area contributed by atoms with Gasteiger partial charge in [0.2, 0.25) is 0 Å². The molecule has 0 fully saturated rings. The molecule has 0 bridgehead atoms. The maximum atomic E-state index is 11.9. The third-order valence-electron chi connectivity index (χ3n) is 2.15. The highest BCUT2D eigenvalue weighted by Crippen LogP contribution is 2.36. The lowest BCUT2D eigenvalue weighted by atomic mass is 10.2. The molecule has 0 amide bonds. The molecule has 17 heavy (non-hydrogen) atoms. The second kappa shape index (κ2) is 7.78. The van der Waals surface area contributed by atoms with Gasteiger partial charge in [-0.25, -0.2) is 8.78 Å². The van der Waals surface area contributed by atoms with Crippen molar-refractivity contribution in [2.45, 2.75) is 18.9 Å². The van der Waals surface area contributed by atoms with Gasteiger partial charge in [-0.3, -0.25) is 0 Å². The number of ether oxygens (including phenoxy) is 1. The van der Waals surface area contributed by atoms with Crippen LogP contribution in [-0.4, -0.2) is 26.7 Å². The Balaban J connectivity index is 2.43. The average Bonchev–Trinajstić information content (AvgIpc) is 2.59. The molecule has 1 rings (SSSR count). The summed E-state index contributed by atoms with van der Waals surface area (Å²) in [6.07, 6.45) is -1.73. The second-order valence-corrected chi connectivity index (χ2v) is 6.62. The number of nitrogens with one attached hydrogen (secondary N) is 1. The summed E-state index contributed by atoms with van der Waals surface area (Å²) in [5.41, 5.74) is 0. The summed E-state index contributed by atoms with van der Waals surface area (Å²) < 4.78 is 30.7. The largest absolute Gasteiger partial charge is 0.375 e. The van der Waals surface area contributed by atoms with E-state index in [1.165, 1.54) is 0 Å². The molecular formula is C10H13Br2F2NOS. The second-order valence-electron chi connectivity index (χ2n) is 3.37. The molecule has 1 atom stereocenters. The Morgan fingerprint density at radius 1 is 1.47 bits per heavy atom. The number of halogens is 4. The minimum atomic E-state index is -2.40. The molecule has 1 heterocycles. The van der Waals surface area contributed by atoms with E-state index in [4.69, 9.17) is 4.74 Å². The van der Waals surface area contributed by atoms with Gasteiger partial charge >= 0.3 is 0 Å². The third kappa shape index (κ3) is 5.30. The molecule has 0 saturated heterocycles. The predicted molar refractivity (Wildman–Crippen MR) is 73.0 cm³/mol. The maximum Gasteiger partial charge on any atom is 0.261 e. The minimum absolute atomic E-state index is 0.125. The highest BCUT2D eigenvalue weighted by atomic mass is 79.9. The zero-order valence-corrected chi connectivity index (χ0v) is 13.2. The van der Waals surface area contributed by atoms with E-state index in [9.17, 15) is 8.78 Å². The molecule has 7 heteroatoms. The van der Waals surface area contributed by atoms with E-state index in [0.717, 1.165) is 13.1 Å². The Bertz CT molecular complexity index is 330. The van der Waals surface area contributed by atoms with Crippen LogP contribution in [0.15, 0.2) is 14.3 Å². The normalized spacial score (nSPS) is 13.3. The van der Waals surface area contributed by atoms with E-state index in [0.29, 0.717) is 13.0 Å². The first-order valence-corrected chi connectivity index (χ1v) is 7.42. The van der Waals surface area contributed by atoms with Crippen molar-refractivity contribution in [2.75, 3.05) is 20.3 Å². The molecule has 0 spiro atoms. The van der Waals surface area contributed by atoms with Crippen LogP contribution in [0.4, 0.5) is 8.78 Å². The highest BCUT2D eigenvalue weighted by Gasteiger charge is 2.14. The van der Waals surface area contributed by atoms with Gasteiger partial charge in [0.1, 0.15) is 6.61 Å². The average molecular weight is 393 g/mol. The van der Waals surface area contributed by atoms with E-state index >= 15 is 0 Å². The summed E-state index contributed by atoms with van der Waals surface area (Å²) in [7, 11) is 1.85. The number of alkyl halides is 2. The first-order valence-electron chi connectivity index (χ1n) is 5.02. The fourth-order valence-corrected chi connectivity index (χ4v) is 3.57. The van der Waals surface area contributed by atoms with Gasteiger partial charge in [0.05, 0.1) is 3.79 Å². The lowest BCUT2D eigenvalue weighted by Gasteiger charge is -2.14. The Morgan fingerprint density at radius 3 is 2.65 bits per heavy atom. The van der Waals surface area contributed by atoms with Crippen molar-refractivity contribution in [2.24, 2.45) is 0 Å². The van der Waals surface area contributed by atoms with Crippen molar-refractivity contribution < 1.29 is 13.5 Å². The molecule has 0 aliphatic carbocycles. The predicted octanol–water partition coefficient (Wildman–Crippen LogP) is 4.21. The van der Waals surface area contributed by atoms with Gasteiger partial charge in [-0.15, -0.1) is 11.3 Å². The van der Waals surface area contributed by atoms with Gasteiger partial charge in [0.15, 0.2) is 0 Å². The molecule has 0 radical (unpaired) electrons. The molecule has 0 aliphatic rings. The SMILES string of the molecule is CNC(CCOCC(F)F)c1cc(Br)c(Br)s1. The van der Waals surface area contributed by atoms with Gasteiger partial charge in [-0.05, 0) is 51.4 Å². The molecular weight excluding hydrogens is 380 g/mol. The maximum absolute atomic E-state index is 11.9. The number of hydrogen-bond donors (Lipinski definition) is 1. The number of thiophene rings is 1.